The van der Waals surface area contributed by atoms with E-state index in [4.69, 9.17) is 0 Å². The molecule has 0 atom stereocenters. The van der Waals surface area contributed by atoms with Gasteiger partial charge in [0.2, 0.25) is 0 Å². The normalized spacial score (nSPS) is 11.6. The van der Waals surface area contributed by atoms with Gasteiger partial charge >= 0.3 is 0 Å². The first-order valence-corrected chi connectivity index (χ1v) is 8.37. The Balaban J connectivity index is 1.81. The first kappa shape index (κ1) is 14.1. The first-order chi connectivity index (χ1) is 11.2. The lowest BCUT2D eigenvalue weighted by molar-refractivity contribution is 0.680. The number of benzene rings is 1. The molecule has 0 unspecified atom stereocenters. The first-order valence-electron chi connectivity index (χ1n) is 7.55. The summed E-state index contributed by atoms with van der Waals surface area (Å²) >= 11 is 1.59. The average molecular weight is 324 g/mol. The fraction of sp³-hybridized carbons (Fsp3) is 0.235. The monoisotopic (exact) mass is 324 g/mol. The van der Waals surface area contributed by atoms with Crippen molar-refractivity contribution in [2.24, 2.45) is 7.05 Å². The molecule has 1 aromatic carbocycles. The Bertz CT molecular complexity index is 1070. The fourth-order valence-corrected chi connectivity index (χ4v) is 3.71. The molecule has 0 spiro atoms. The van der Waals surface area contributed by atoms with Crippen molar-refractivity contribution in [1.82, 2.24) is 19.1 Å². The second-order valence-electron chi connectivity index (χ2n) is 5.54. The van der Waals surface area contributed by atoms with Crippen molar-refractivity contribution in [2.75, 3.05) is 0 Å². The van der Waals surface area contributed by atoms with Gasteiger partial charge in [0.1, 0.15) is 10.7 Å². The van der Waals surface area contributed by atoms with Crippen molar-refractivity contribution in [1.29, 1.82) is 0 Å². The molecule has 0 fully saturated rings. The molecule has 23 heavy (non-hydrogen) atoms. The highest BCUT2D eigenvalue weighted by atomic mass is 32.1. The second kappa shape index (κ2) is 5.31. The smallest absolute Gasteiger partial charge is 0.262 e. The fourth-order valence-electron chi connectivity index (χ4n) is 2.79. The van der Waals surface area contributed by atoms with E-state index in [1.165, 1.54) is 4.88 Å². The van der Waals surface area contributed by atoms with E-state index >= 15 is 0 Å². The third-order valence-electron chi connectivity index (χ3n) is 4.11. The molecule has 5 nitrogen and oxygen atoms in total. The van der Waals surface area contributed by atoms with E-state index in [9.17, 15) is 4.79 Å². The minimum atomic E-state index is -0.00185. The van der Waals surface area contributed by atoms with Crippen molar-refractivity contribution in [3.05, 3.63) is 57.7 Å². The Labute approximate surface area is 136 Å². The van der Waals surface area contributed by atoms with Gasteiger partial charge < -0.3 is 4.57 Å². The Hall–Kier alpha value is -2.47. The SMILES string of the molecule is CCc1cc2c(=O)n(Cc3nc4ccccc4n3C)cnc2s1. The van der Waals surface area contributed by atoms with Crippen LogP contribution in [0.3, 0.4) is 0 Å². The molecule has 0 amide bonds. The lowest BCUT2D eigenvalue weighted by atomic mass is 10.3. The molecule has 3 heterocycles. The summed E-state index contributed by atoms with van der Waals surface area (Å²) < 4.78 is 3.66. The van der Waals surface area contributed by atoms with Crippen LogP contribution in [0.4, 0.5) is 0 Å². The third-order valence-corrected chi connectivity index (χ3v) is 5.30. The number of thiophene rings is 1. The minimum Gasteiger partial charge on any atom is -0.330 e. The summed E-state index contributed by atoms with van der Waals surface area (Å²) in [6, 6.07) is 9.93. The highest BCUT2D eigenvalue weighted by molar-refractivity contribution is 7.18. The number of aryl methyl sites for hydroxylation is 2. The quantitative estimate of drug-likeness (QED) is 0.582. The number of hydrogen-bond acceptors (Lipinski definition) is 4. The van der Waals surface area contributed by atoms with Crippen molar-refractivity contribution >= 4 is 32.6 Å². The Morgan fingerprint density at radius 1 is 1.26 bits per heavy atom. The summed E-state index contributed by atoms with van der Waals surface area (Å²) in [5, 5.41) is 0.702. The molecule has 3 aromatic heterocycles. The zero-order chi connectivity index (χ0) is 16.0. The topological polar surface area (TPSA) is 52.7 Å². The van der Waals surface area contributed by atoms with Crippen LogP contribution in [0, 0.1) is 0 Å². The number of imidazole rings is 1. The van der Waals surface area contributed by atoms with Crippen LogP contribution in [0.25, 0.3) is 21.3 Å². The van der Waals surface area contributed by atoms with Crippen LogP contribution < -0.4 is 5.56 Å². The van der Waals surface area contributed by atoms with E-state index < -0.39 is 0 Å². The van der Waals surface area contributed by atoms with Gasteiger partial charge in [-0.3, -0.25) is 9.36 Å². The maximum absolute atomic E-state index is 12.7. The molecule has 0 bridgehead atoms. The lowest BCUT2D eigenvalue weighted by Crippen LogP contribution is -2.22. The van der Waals surface area contributed by atoms with E-state index in [1.54, 1.807) is 22.2 Å². The van der Waals surface area contributed by atoms with Crippen LogP contribution in [0.5, 0.6) is 0 Å². The molecule has 4 aromatic rings. The molecule has 0 aliphatic carbocycles. The van der Waals surface area contributed by atoms with E-state index in [0.717, 1.165) is 28.1 Å². The summed E-state index contributed by atoms with van der Waals surface area (Å²) in [5.41, 5.74) is 2.00. The standard InChI is InChI=1S/C17H16N4OS/c1-3-11-8-12-16(23-11)18-10-21(17(12)22)9-15-19-13-6-4-5-7-14(13)20(15)2/h4-8,10H,3,9H2,1-2H3. The number of fused-ring (bicyclic) bond motifs is 2. The van der Waals surface area contributed by atoms with Gasteiger partial charge in [0, 0.05) is 11.9 Å². The highest BCUT2D eigenvalue weighted by Gasteiger charge is 2.12. The van der Waals surface area contributed by atoms with Gasteiger partial charge in [0.15, 0.2) is 0 Å². The van der Waals surface area contributed by atoms with E-state index in [-0.39, 0.29) is 5.56 Å². The number of para-hydroxylation sites is 2. The largest absolute Gasteiger partial charge is 0.330 e. The summed E-state index contributed by atoms with van der Waals surface area (Å²) in [6.45, 7) is 2.51. The van der Waals surface area contributed by atoms with Crippen molar-refractivity contribution in [3.63, 3.8) is 0 Å². The number of aromatic nitrogens is 4. The van der Waals surface area contributed by atoms with Gasteiger partial charge in [-0.05, 0) is 24.6 Å². The summed E-state index contributed by atoms with van der Waals surface area (Å²) in [7, 11) is 1.97. The number of nitrogens with zero attached hydrogens (tertiary/aromatic N) is 4. The second-order valence-corrected chi connectivity index (χ2v) is 6.65. The molecular weight excluding hydrogens is 308 g/mol. The zero-order valence-electron chi connectivity index (χ0n) is 13.0. The van der Waals surface area contributed by atoms with E-state index in [2.05, 4.69) is 16.9 Å². The maximum Gasteiger partial charge on any atom is 0.262 e. The highest BCUT2D eigenvalue weighted by Crippen LogP contribution is 2.21. The Kier molecular flexibility index (Phi) is 3.27. The summed E-state index contributed by atoms with van der Waals surface area (Å²) in [6.07, 6.45) is 2.55. The number of hydrogen-bond donors (Lipinski definition) is 0. The maximum atomic E-state index is 12.7. The molecule has 6 heteroatoms. The molecular formula is C17H16N4OS. The van der Waals surface area contributed by atoms with Gasteiger partial charge in [-0.1, -0.05) is 19.1 Å². The summed E-state index contributed by atoms with van der Waals surface area (Å²) in [5.74, 6) is 0.848. The molecule has 0 N–H and O–H groups in total. The molecule has 0 saturated carbocycles. The molecule has 4 rings (SSSR count). The zero-order valence-corrected chi connectivity index (χ0v) is 13.8. The van der Waals surface area contributed by atoms with Crippen LogP contribution in [-0.4, -0.2) is 19.1 Å². The predicted molar refractivity (Wildman–Crippen MR) is 93.1 cm³/mol. The predicted octanol–water partition coefficient (Wildman–Crippen LogP) is 2.96. The molecule has 116 valence electrons. The van der Waals surface area contributed by atoms with Crippen LogP contribution in [0.1, 0.15) is 17.6 Å². The molecule has 0 radical (unpaired) electrons. The van der Waals surface area contributed by atoms with Gasteiger partial charge in [0.25, 0.3) is 5.56 Å². The van der Waals surface area contributed by atoms with Gasteiger partial charge in [-0.15, -0.1) is 11.3 Å². The van der Waals surface area contributed by atoms with Crippen LogP contribution in [0.2, 0.25) is 0 Å². The average Bonchev–Trinajstić information content (AvgIpc) is 3.13. The molecule has 0 saturated heterocycles. The van der Waals surface area contributed by atoms with Crippen LogP contribution >= 0.6 is 11.3 Å². The van der Waals surface area contributed by atoms with Gasteiger partial charge in [0.05, 0.1) is 29.3 Å². The third kappa shape index (κ3) is 2.26. The van der Waals surface area contributed by atoms with Crippen LogP contribution in [-0.2, 0) is 20.0 Å². The van der Waals surface area contributed by atoms with Crippen LogP contribution in [0.15, 0.2) is 41.5 Å². The van der Waals surface area contributed by atoms with E-state index in [0.29, 0.717) is 11.9 Å². The van der Waals surface area contributed by atoms with E-state index in [1.807, 2.05) is 41.9 Å². The van der Waals surface area contributed by atoms with Crippen molar-refractivity contribution in [2.45, 2.75) is 19.9 Å². The Morgan fingerprint density at radius 2 is 2.09 bits per heavy atom. The number of rotatable bonds is 3. The van der Waals surface area contributed by atoms with Crippen molar-refractivity contribution < 1.29 is 0 Å². The van der Waals surface area contributed by atoms with Crippen molar-refractivity contribution in [3.8, 4) is 0 Å². The van der Waals surface area contributed by atoms with Gasteiger partial charge in [-0.2, -0.15) is 0 Å². The lowest BCUT2D eigenvalue weighted by Gasteiger charge is -2.05. The van der Waals surface area contributed by atoms with Gasteiger partial charge in [-0.25, -0.2) is 9.97 Å². The Morgan fingerprint density at radius 3 is 2.87 bits per heavy atom. The molecule has 0 aliphatic heterocycles. The summed E-state index contributed by atoms with van der Waals surface area (Å²) in [4.78, 5) is 23.7. The minimum absolute atomic E-state index is 0.00185. The molecule has 0 aliphatic rings.